The lowest BCUT2D eigenvalue weighted by molar-refractivity contribution is 0.437. The van der Waals surface area contributed by atoms with Gasteiger partial charge in [-0.1, -0.05) is 6.08 Å². The van der Waals surface area contributed by atoms with E-state index in [9.17, 15) is 0 Å². The van der Waals surface area contributed by atoms with Gasteiger partial charge in [-0.2, -0.15) is 11.8 Å². The van der Waals surface area contributed by atoms with Crippen LogP contribution >= 0.6 is 11.8 Å². The molecule has 0 radical (unpaired) electrons. The molecule has 0 heterocycles. The van der Waals surface area contributed by atoms with Crippen LogP contribution in [0.15, 0.2) is 12.7 Å². The van der Waals surface area contributed by atoms with Crippen LogP contribution in [0.2, 0.25) is 0 Å². The molecule has 0 saturated carbocycles. The van der Waals surface area contributed by atoms with Crippen molar-refractivity contribution in [3.05, 3.63) is 12.7 Å². The zero-order chi connectivity index (χ0) is 7.82. The first-order valence-corrected chi connectivity index (χ1v) is 4.76. The smallest absolute Gasteiger partial charge is 0.00662 e. The minimum absolute atomic E-state index is 1.14. The average molecular weight is 159 g/mol. The van der Waals surface area contributed by atoms with Crippen LogP contribution in [0.4, 0.5) is 0 Å². The maximum absolute atomic E-state index is 3.67. The van der Waals surface area contributed by atoms with E-state index in [2.05, 4.69) is 25.6 Å². The third kappa shape index (κ3) is 8.05. The van der Waals surface area contributed by atoms with Crippen molar-refractivity contribution in [1.82, 2.24) is 4.90 Å². The van der Waals surface area contributed by atoms with Gasteiger partial charge < -0.3 is 4.90 Å². The van der Waals surface area contributed by atoms with Gasteiger partial charge >= 0.3 is 0 Å². The Hall–Kier alpha value is 0.0500. The first-order chi connectivity index (χ1) is 4.77. The normalized spacial score (nSPS) is 10.3. The van der Waals surface area contributed by atoms with E-state index < -0.39 is 0 Å². The maximum Gasteiger partial charge on any atom is 0.00662 e. The van der Waals surface area contributed by atoms with Gasteiger partial charge in [-0.05, 0) is 26.3 Å². The van der Waals surface area contributed by atoms with E-state index in [4.69, 9.17) is 0 Å². The highest BCUT2D eigenvalue weighted by Crippen LogP contribution is 2.01. The molecule has 0 aliphatic heterocycles. The Kier molecular flexibility index (Phi) is 7.20. The highest BCUT2D eigenvalue weighted by Gasteiger charge is 1.89. The summed E-state index contributed by atoms with van der Waals surface area (Å²) >= 11 is 1.99. The van der Waals surface area contributed by atoms with Gasteiger partial charge in [0.1, 0.15) is 0 Å². The molecule has 0 bridgehead atoms. The monoisotopic (exact) mass is 159 g/mol. The van der Waals surface area contributed by atoms with Crippen LogP contribution in [0.5, 0.6) is 0 Å². The lowest BCUT2D eigenvalue weighted by Gasteiger charge is -2.07. The second-order valence-electron chi connectivity index (χ2n) is 2.49. The molecule has 1 nitrogen and oxygen atoms in total. The van der Waals surface area contributed by atoms with Crippen molar-refractivity contribution < 1.29 is 0 Å². The van der Waals surface area contributed by atoms with Gasteiger partial charge in [-0.15, -0.1) is 6.58 Å². The Balaban J connectivity index is 2.83. The van der Waals surface area contributed by atoms with Crippen LogP contribution in [0.1, 0.15) is 6.42 Å². The summed E-state index contributed by atoms with van der Waals surface area (Å²) in [7, 11) is 4.21. The van der Waals surface area contributed by atoms with Gasteiger partial charge in [0.25, 0.3) is 0 Å². The lowest BCUT2D eigenvalue weighted by atomic mass is 10.5. The van der Waals surface area contributed by atoms with Gasteiger partial charge in [-0.25, -0.2) is 0 Å². The number of rotatable bonds is 6. The predicted molar refractivity (Wildman–Crippen MR) is 50.7 cm³/mol. The average Bonchev–Trinajstić information content (AvgIpc) is 1.87. The number of nitrogens with zero attached hydrogens (tertiary/aromatic N) is 1. The van der Waals surface area contributed by atoms with E-state index in [1.807, 2.05) is 17.8 Å². The van der Waals surface area contributed by atoms with E-state index in [1.165, 1.54) is 18.1 Å². The van der Waals surface area contributed by atoms with Crippen molar-refractivity contribution >= 4 is 11.8 Å². The summed E-state index contributed by atoms with van der Waals surface area (Å²) < 4.78 is 0. The fraction of sp³-hybridized carbons (Fsp3) is 0.750. The van der Waals surface area contributed by atoms with E-state index in [-0.39, 0.29) is 0 Å². The Labute approximate surface area is 68.5 Å². The summed E-state index contributed by atoms with van der Waals surface area (Å²) in [6.07, 6.45) is 3.11. The Morgan fingerprint density at radius 1 is 1.40 bits per heavy atom. The fourth-order valence-electron chi connectivity index (χ4n) is 0.516. The minimum atomic E-state index is 1.14. The number of hydrogen-bond donors (Lipinski definition) is 0. The summed E-state index contributed by atoms with van der Waals surface area (Å²) in [5.74, 6) is 2.46. The van der Waals surface area contributed by atoms with Gasteiger partial charge in [0, 0.05) is 12.3 Å². The summed E-state index contributed by atoms with van der Waals surface area (Å²) in [6.45, 7) is 4.85. The quantitative estimate of drug-likeness (QED) is 0.430. The number of allylic oxidation sites excluding steroid dienone is 1. The molecule has 0 aromatic rings. The Bertz CT molecular complexity index is 81.3. The first-order valence-electron chi connectivity index (χ1n) is 3.60. The number of thioether (sulfide) groups is 1. The molecule has 0 fully saturated rings. The molecule has 0 aliphatic rings. The van der Waals surface area contributed by atoms with E-state index >= 15 is 0 Å². The zero-order valence-corrected chi connectivity index (χ0v) is 7.78. The molecule has 0 N–H and O–H groups in total. The molecule has 0 aromatic carbocycles. The van der Waals surface area contributed by atoms with E-state index in [0.29, 0.717) is 0 Å². The summed E-state index contributed by atoms with van der Waals surface area (Å²) in [5, 5.41) is 0. The standard InChI is InChI=1S/C8H17NS/c1-4-5-7-10-8-6-9(2)3/h4H,1,5-8H2,2-3H3. The summed E-state index contributed by atoms with van der Waals surface area (Å²) in [6, 6.07) is 0. The highest BCUT2D eigenvalue weighted by molar-refractivity contribution is 7.99. The minimum Gasteiger partial charge on any atom is -0.309 e. The third-order valence-corrected chi connectivity index (χ3v) is 2.14. The van der Waals surface area contributed by atoms with Crippen LogP contribution < -0.4 is 0 Å². The van der Waals surface area contributed by atoms with Gasteiger partial charge in [-0.3, -0.25) is 0 Å². The second-order valence-corrected chi connectivity index (χ2v) is 3.72. The van der Waals surface area contributed by atoms with E-state index in [0.717, 1.165) is 6.42 Å². The van der Waals surface area contributed by atoms with Crippen molar-refractivity contribution in [3.63, 3.8) is 0 Å². The Morgan fingerprint density at radius 3 is 2.60 bits per heavy atom. The SMILES string of the molecule is C=CCCSCCN(C)C. The molecular formula is C8H17NS. The van der Waals surface area contributed by atoms with Gasteiger partial charge in [0.15, 0.2) is 0 Å². The van der Waals surface area contributed by atoms with Gasteiger partial charge in [0.05, 0.1) is 0 Å². The van der Waals surface area contributed by atoms with Crippen molar-refractivity contribution in [2.24, 2.45) is 0 Å². The third-order valence-electron chi connectivity index (χ3n) is 1.15. The predicted octanol–water partition coefficient (Wildman–Crippen LogP) is 1.86. The molecule has 0 aromatic heterocycles. The van der Waals surface area contributed by atoms with Crippen molar-refractivity contribution in [1.29, 1.82) is 0 Å². The summed E-state index contributed by atoms with van der Waals surface area (Å²) in [4.78, 5) is 2.21. The molecular weight excluding hydrogens is 142 g/mol. The molecule has 0 atom stereocenters. The molecule has 2 heteroatoms. The van der Waals surface area contributed by atoms with Crippen LogP contribution in [-0.4, -0.2) is 37.0 Å². The van der Waals surface area contributed by atoms with Crippen LogP contribution in [0.3, 0.4) is 0 Å². The van der Waals surface area contributed by atoms with Crippen LogP contribution in [0, 0.1) is 0 Å². The van der Waals surface area contributed by atoms with Crippen molar-refractivity contribution in [2.45, 2.75) is 6.42 Å². The highest BCUT2D eigenvalue weighted by atomic mass is 32.2. The Morgan fingerprint density at radius 2 is 2.10 bits per heavy atom. The molecule has 10 heavy (non-hydrogen) atoms. The topological polar surface area (TPSA) is 3.24 Å². The van der Waals surface area contributed by atoms with Crippen molar-refractivity contribution in [3.8, 4) is 0 Å². The molecule has 0 amide bonds. The zero-order valence-electron chi connectivity index (χ0n) is 6.97. The first kappa shape index (κ1) is 10.0. The summed E-state index contributed by atoms with van der Waals surface area (Å²) in [5.41, 5.74) is 0. The largest absolute Gasteiger partial charge is 0.309 e. The second kappa shape index (κ2) is 7.16. The number of hydrogen-bond acceptors (Lipinski definition) is 2. The van der Waals surface area contributed by atoms with E-state index in [1.54, 1.807) is 0 Å². The molecule has 0 rings (SSSR count). The molecule has 0 aliphatic carbocycles. The van der Waals surface area contributed by atoms with Crippen molar-refractivity contribution in [2.75, 3.05) is 32.1 Å². The maximum atomic E-state index is 3.67. The molecule has 0 spiro atoms. The van der Waals surface area contributed by atoms with Crippen LogP contribution in [0.25, 0.3) is 0 Å². The van der Waals surface area contributed by atoms with Crippen LogP contribution in [-0.2, 0) is 0 Å². The fourth-order valence-corrected chi connectivity index (χ4v) is 1.55. The molecule has 60 valence electrons. The lowest BCUT2D eigenvalue weighted by Crippen LogP contribution is -2.14. The molecule has 0 unspecified atom stereocenters. The molecule has 0 saturated heterocycles. The van der Waals surface area contributed by atoms with Gasteiger partial charge in [0.2, 0.25) is 0 Å².